The number of aromatic nitrogens is 2. The predicted molar refractivity (Wildman–Crippen MR) is 96.9 cm³/mol. The maximum absolute atomic E-state index is 12.8. The third-order valence-electron chi connectivity index (χ3n) is 4.63. The summed E-state index contributed by atoms with van der Waals surface area (Å²) < 4.78 is 4.96. The van der Waals surface area contributed by atoms with E-state index in [-0.39, 0.29) is 11.8 Å². The van der Waals surface area contributed by atoms with Gasteiger partial charge in [0, 0.05) is 18.7 Å². The molecule has 1 saturated heterocycles. The summed E-state index contributed by atoms with van der Waals surface area (Å²) in [5.74, 6) is 0.533. The van der Waals surface area contributed by atoms with Gasteiger partial charge in [0.05, 0.1) is 24.9 Å². The molecule has 1 aromatic carbocycles. The number of hydrogen-bond donors (Lipinski definition) is 1. The standard InChI is InChI=1S/C19H22N4O3/c1-19(18(25)22-15-11-21-16(26-2)12-20-15)9-6-10-23(13-19)17(24)14-7-4-3-5-8-14/h3-5,7-8,11-12H,6,9-10,13H2,1-2H3,(H,20,22,25)/t19-/m0/s1. The molecule has 0 aliphatic carbocycles. The highest BCUT2D eigenvalue weighted by Crippen LogP contribution is 2.31. The summed E-state index contributed by atoms with van der Waals surface area (Å²) in [6.45, 7) is 2.90. The van der Waals surface area contributed by atoms with Gasteiger partial charge in [0.2, 0.25) is 11.8 Å². The van der Waals surface area contributed by atoms with Crippen LogP contribution in [0.4, 0.5) is 5.82 Å². The number of nitrogens with one attached hydrogen (secondary N) is 1. The summed E-state index contributed by atoms with van der Waals surface area (Å²) in [6, 6.07) is 9.14. The Hall–Kier alpha value is -2.96. The number of rotatable bonds is 4. The number of benzene rings is 1. The molecule has 7 nitrogen and oxygen atoms in total. The van der Waals surface area contributed by atoms with Crippen LogP contribution < -0.4 is 10.1 Å². The average Bonchev–Trinajstić information content (AvgIpc) is 2.68. The van der Waals surface area contributed by atoms with E-state index >= 15 is 0 Å². The van der Waals surface area contributed by atoms with E-state index in [1.807, 2.05) is 25.1 Å². The maximum atomic E-state index is 12.8. The smallest absolute Gasteiger partial charge is 0.253 e. The fourth-order valence-corrected chi connectivity index (χ4v) is 3.11. The Morgan fingerprint density at radius 1 is 1.19 bits per heavy atom. The first-order valence-corrected chi connectivity index (χ1v) is 8.54. The lowest BCUT2D eigenvalue weighted by atomic mass is 9.80. The van der Waals surface area contributed by atoms with E-state index in [0.29, 0.717) is 36.8 Å². The first-order chi connectivity index (χ1) is 12.5. The lowest BCUT2D eigenvalue weighted by Crippen LogP contribution is -2.50. The number of nitrogens with zero attached hydrogens (tertiary/aromatic N) is 3. The molecule has 7 heteroatoms. The molecule has 0 bridgehead atoms. The number of hydrogen-bond acceptors (Lipinski definition) is 5. The summed E-state index contributed by atoms with van der Waals surface area (Å²) in [4.78, 5) is 35.4. The van der Waals surface area contributed by atoms with Crippen LogP contribution in [0.15, 0.2) is 42.7 Å². The number of likely N-dealkylation sites (tertiary alicyclic amines) is 1. The fraction of sp³-hybridized carbons (Fsp3) is 0.368. The van der Waals surface area contributed by atoms with E-state index in [1.165, 1.54) is 19.5 Å². The SMILES string of the molecule is COc1cnc(NC(=O)[C@@]2(C)CCCN(C(=O)c3ccccc3)C2)cn1. The van der Waals surface area contributed by atoms with Crippen molar-refractivity contribution in [3.8, 4) is 5.88 Å². The van der Waals surface area contributed by atoms with Crippen molar-refractivity contribution in [2.75, 3.05) is 25.5 Å². The topological polar surface area (TPSA) is 84.4 Å². The van der Waals surface area contributed by atoms with Crippen molar-refractivity contribution in [3.05, 3.63) is 48.3 Å². The summed E-state index contributed by atoms with van der Waals surface area (Å²) >= 11 is 0. The molecule has 0 spiro atoms. The van der Waals surface area contributed by atoms with Gasteiger partial charge in [0.15, 0.2) is 5.82 Å². The highest BCUT2D eigenvalue weighted by Gasteiger charge is 2.39. The number of ether oxygens (including phenoxy) is 1. The highest BCUT2D eigenvalue weighted by molar-refractivity contribution is 5.97. The molecule has 1 aliphatic rings. The van der Waals surface area contributed by atoms with E-state index in [2.05, 4.69) is 15.3 Å². The zero-order chi connectivity index (χ0) is 18.6. The molecule has 1 aromatic heterocycles. The van der Waals surface area contributed by atoms with Gasteiger partial charge in [-0.1, -0.05) is 18.2 Å². The van der Waals surface area contributed by atoms with E-state index in [0.717, 1.165) is 6.42 Å². The van der Waals surface area contributed by atoms with Gasteiger partial charge in [-0.2, -0.15) is 0 Å². The normalized spacial score (nSPS) is 19.7. The highest BCUT2D eigenvalue weighted by atomic mass is 16.5. The fourth-order valence-electron chi connectivity index (χ4n) is 3.11. The van der Waals surface area contributed by atoms with Crippen LogP contribution in [0.2, 0.25) is 0 Å². The van der Waals surface area contributed by atoms with E-state index < -0.39 is 5.41 Å². The van der Waals surface area contributed by atoms with Crippen LogP contribution in [0.1, 0.15) is 30.1 Å². The molecule has 3 rings (SSSR count). The number of amides is 2. The largest absolute Gasteiger partial charge is 0.480 e. The zero-order valence-electron chi connectivity index (χ0n) is 14.9. The Morgan fingerprint density at radius 2 is 1.96 bits per heavy atom. The zero-order valence-corrected chi connectivity index (χ0v) is 14.9. The van der Waals surface area contributed by atoms with Gasteiger partial charge in [-0.05, 0) is 31.9 Å². The Morgan fingerprint density at radius 3 is 2.62 bits per heavy atom. The van der Waals surface area contributed by atoms with Gasteiger partial charge in [-0.15, -0.1) is 0 Å². The molecule has 136 valence electrons. The molecule has 2 aromatic rings. The number of anilines is 1. The monoisotopic (exact) mass is 354 g/mol. The Labute approximate surface area is 152 Å². The van der Waals surface area contributed by atoms with Crippen molar-refractivity contribution in [2.45, 2.75) is 19.8 Å². The molecule has 1 atom stereocenters. The third-order valence-corrected chi connectivity index (χ3v) is 4.63. The second-order valence-electron chi connectivity index (χ2n) is 6.66. The van der Waals surface area contributed by atoms with E-state index in [4.69, 9.17) is 4.74 Å². The molecular formula is C19H22N4O3. The minimum absolute atomic E-state index is 0.0476. The predicted octanol–water partition coefficient (Wildman–Crippen LogP) is 2.37. The number of carbonyl (C=O) groups excluding carboxylic acids is 2. The van der Waals surface area contributed by atoms with E-state index in [1.54, 1.807) is 17.0 Å². The number of carbonyl (C=O) groups is 2. The lowest BCUT2D eigenvalue weighted by Gasteiger charge is -2.39. The van der Waals surface area contributed by atoms with Crippen LogP contribution in [0.25, 0.3) is 0 Å². The molecule has 1 fully saturated rings. The van der Waals surface area contributed by atoms with Crippen molar-refractivity contribution in [3.63, 3.8) is 0 Å². The minimum atomic E-state index is -0.676. The Bertz CT molecular complexity index is 779. The quantitative estimate of drug-likeness (QED) is 0.911. The summed E-state index contributed by atoms with van der Waals surface area (Å²) in [5, 5.41) is 2.80. The van der Waals surface area contributed by atoms with E-state index in [9.17, 15) is 9.59 Å². The average molecular weight is 354 g/mol. The molecule has 2 heterocycles. The van der Waals surface area contributed by atoms with Crippen LogP contribution in [-0.2, 0) is 4.79 Å². The van der Waals surface area contributed by atoms with Gasteiger partial charge in [0.25, 0.3) is 5.91 Å². The summed E-state index contributed by atoms with van der Waals surface area (Å²) in [6.07, 6.45) is 4.39. The Balaban J connectivity index is 1.69. The first kappa shape index (κ1) is 17.8. The molecule has 0 saturated carbocycles. The molecular weight excluding hydrogens is 332 g/mol. The van der Waals surface area contributed by atoms with Crippen molar-refractivity contribution >= 4 is 17.6 Å². The second kappa shape index (κ2) is 7.51. The first-order valence-electron chi connectivity index (χ1n) is 8.54. The van der Waals surface area contributed by atoms with Gasteiger partial charge < -0.3 is 15.0 Å². The third kappa shape index (κ3) is 3.82. The Kier molecular flexibility index (Phi) is 5.16. The van der Waals surface area contributed by atoms with Crippen LogP contribution in [0.5, 0.6) is 5.88 Å². The molecule has 1 N–H and O–H groups in total. The maximum Gasteiger partial charge on any atom is 0.253 e. The van der Waals surface area contributed by atoms with Crippen LogP contribution in [0, 0.1) is 5.41 Å². The second-order valence-corrected chi connectivity index (χ2v) is 6.66. The molecule has 0 radical (unpaired) electrons. The van der Waals surface area contributed by atoms with Crippen LogP contribution in [0.3, 0.4) is 0 Å². The van der Waals surface area contributed by atoms with Crippen molar-refractivity contribution in [2.24, 2.45) is 5.41 Å². The molecule has 2 amide bonds. The van der Waals surface area contributed by atoms with Crippen LogP contribution in [-0.4, -0.2) is 46.9 Å². The van der Waals surface area contributed by atoms with Crippen LogP contribution >= 0.6 is 0 Å². The van der Waals surface area contributed by atoms with Crippen molar-refractivity contribution in [1.29, 1.82) is 0 Å². The summed E-state index contributed by atoms with van der Waals surface area (Å²) in [7, 11) is 1.50. The lowest BCUT2D eigenvalue weighted by molar-refractivity contribution is -0.127. The van der Waals surface area contributed by atoms with Crippen molar-refractivity contribution in [1.82, 2.24) is 14.9 Å². The van der Waals surface area contributed by atoms with Gasteiger partial charge in [0.1, 0.15) is 0 Å². The summed E-state index contributed by atoms with van der Waals surface area (Å²) in [5.41, 5.74) is -0.0391. The molecule has 1 aliphatic heterocycles. The van der Waals surface area contributed by atoms with Gasteiger partial charge >= 0.3 is 0 Å². The minimum Gasteiger partial charge on any atom is -0.480 e. The van der Waals surface area contributed by atoms with Crippen molar-refractivity contribution < 1.29 is 14.3 Å². The number of piperidine rings is 1. The van der Waals surface area contributed by atoms with Gasteiger partial charge in [-0.25, -0.2) is 9.97 Å². The van der Waals surface area contributed by atoms with Gasteiger partial charge in [-0.3, -0.25) is 9.59 Å². The molecule has 0 unspecified atom stereocenters. The molecule has 26 heavy (non-hydrogen) atoms. The number of methoxy groups -OCH3 is 1.